The first-order valence-electron chi connectivity index (χ1n) is 9.89. The highest BCUT2D eigenvalue weighted by Gasteiger charge is 2.19. The van der Waals surface area contributed by atoms with Crippen molar-refractivity contribution in [2.75, 3.05) is 24.2 Å². The van der Waals surface area contributed by atoms with E-state index >= 15 is 0 Å². The number of nitrogens with zero attached hydrogens (tertiary/aromatic N) is 1. The van der Waals surface area contributed by atoms with Gasteiger partial charge in [0.1, 0.15) is 0 Å². The maximum atomic E-state index is 13.0. The summed E-state index contributed by atoms with van der Waals surface area (Å²) in [5, 5.41) is 6.22. The van der Waals surface area contributed by atoms with E-state index in [2.05, 4.69) is 10.6 Å². The largest absolute Gasteiger partial charge is 0.355 e. The molecule has 0 aliphatic carbocycles. The molecular formula is C25H27N3O2. The van der Waals surface area contributed by atoms with Gasteiger partial charge in [-0.3, -0.25) is 9.59 Å². The number of carbonyl (C=O) groups excluding carboxylic acids is 2. The van der Waals surface area contributed by atoms with E-state index in [1.165, 1.54) is 4.90 Å². The highest BCUT2D eigenvalue weighted by Crippen LogP contribution is 2.23. The Balaban J connectivity index is 1.71. The molecule has 154 valence electrons. The maximum Gasteiger partial charge on any atom is 0.256 e. The molecule has 5 heteroatoms. The van der Waals surface area contributed by atoms with Crippen molar-refractivity contribution >= 4 is 28.9 Å². The molecule has 0 atom stereocenters. The lowest BCUT2D eigenvalue weighted by Crippen LogP contribution is -2.35. The molecule has 3 rings (SSSR count). The molecule has 0 aliphatic heterocycles. The summed E-state index contributed by atoms with van der Waals surface area (Å²) in [6.07, 6.45) is 0. The first-order chi connectivity index (χ1) is 14.3. The van der Waals surface area contributed by atoms with Crippen molar-refractivity contribution in [3.05, 3.63) is 89.0 Å². The Bertz CT molecular complexity index is 1040. The van der Waals surface area contributed by atoms with Crippen LogP contribution in [0.15, 0.2) is 66.7 Å². The van der Waals surface area contributed by atoms with Gasteiger partial charge in [-0.2, -0.15) is 0 Å². The molecule has 0 radical (unpaired) electrons. The van der Waals surface area contributed by atoms with E-state index in [-0.39, 0.29) is 18.4 Å². The summed E-state index contributed by atoms with van der Waals surface area (Å²) in [5.41, 5.74) is 6.07. The SMILES string of the molecule is Cc1cc(C)c(NC(=O)CN(C)C(=O)c2ccccc2Nc2ccccc2)c(C)c1. The summed E-state index contributed by atoms with van der Waals surface area (Å²) in [6, 6.07) is 21.0. The Hall–Kier alpha value is -3.60. The minimum Gasteiger partial charge on any atom is -0.355 e. The summed E-state index contributed by atoms with van der Waals surface area (Å²) >= 11 is 0. The number of amides is 2. The molecule has 0 bridgehead atoms. The zero-order valence-electron chi connectivity index (χ0n) is 17.8. The van der Waals surface area contributed by atoms with Crippen molar-refractivity contribution in [1.82, 2.24) is 4.90 Å². The van der Waals surface area contributed by atoms with Gasteiger partial charge in [0.05, 0.1) is 17.8 Å². The normalized spacial score (nSPS) is 10.4. The minimum absolute atomic E-state index is 0.0364. The Morgan fingerprint density at radius 2 is 1.47 bits per heavy atom. The number of para-hydroxylation sites is 2. The molecule has 0 aliphatic rings. The number of hydrogen-bond acceptors (Lipinski definition) is 3. The van der Waals surface area contributed by atoms with Gasteiger partial charge in [0.15, 0.2) is 0 Å². The predicted molar refractivity (Wildman–Crippen MR) is 122 cm³/mol. The third-order valence-electron chi connectivity index (χ3n) is 4.88. The summed E-state index contributed by atoms with van der Waals surface area (Å²) in [6.45, 7) is 5.93. The number of anilines is 3. The molecule has 2 amide bonds. The molecule has 3 aromatic rings. The number of hydrogen-bond donors (Lipinski definition) is 2. The van der Waals surface area contributed by atoms with E-state index in [1.54, 1.807) is 13.1 Å². The standard InChI is InChI=1S/C25H27N3O2/c1-17-14-18(2)24(19(3)15-17)27-23(29)16-28(4)25(30)21-12-8-9-13-22(21)26-20-10-6-5-7-11-20/h5-15,26H,16H2,1-4H3,(H,27,29). The van der Waals surface area contributed by atoms with Crippen LogP contribution >= 0.6 is 0 Å². The molecule has 0 saturated heterocycles. The van der Waals surface area contributed by atoms with Gasteiger partial charge in [-0.05, 0) is 56.2 Å². The van der Waals surface area contributed by atoms with Gasteiger partial charge in [0, 0.05) is 18.4 Å². The van der Waals surface area contributed by atoms with Crippen molar-refractivity contribution in [3.63, 3.8) is 0 Å². The number of nitrogens with one attached hydrogen (secondary N) is 2. The lowest BCUT2D eigenvalue weighted by molar-refractivity contribution is -0.116. The monoisotopic (exact) mass is 401 g/mol. The third-order valence-corrected chi connectivity index (χ3v) is 4.88. The van der Waals surface area contributed by atoms with Crippen LogP contribution in [0.2, 0.25) is 0 Å². The van der Waals surface area contributed by atoms with Crippen LogP contribution in [-0.2, 0) is 4.79 Å². The Morgan fingerprint density at radius 3 is 2.13 bits per heavy atom. The number of benzene rings is 3. The molecule has 0 aromatic heterocycles. The predicted octanol–water partition coefficient (Wildman–Crippen LogP) is 5.07. The quantitative estimate of drug-likeness (QED) is 0.606. The summed E-state index contributed by atoms with van der Waals surface area (Å²) in [7, 11) is 1.63. The number of aryl methyl sites for hydroxylation is 3. The summed E-state index contributed by atoms with van der Waals surface area (Å²) < 4.78 is 0. The van der Waals surface area contributed by atoms with E-state index in [0.29, 0.717) is 11.3 Å². The van der Waals surface area contributed by atoms with Crippen LogP contribution in [0.4, 0.5) is 17.1 Å². The van der Waals surface area contributed by atoms with Gasteiger partial charge in [-0.15, -0.1) is 0 Å². The second-order valence-corrected chi connectivity index (χ2v) is 7.52. The molecule has 0 fully saturated rings. The van der Waals surface area contributed by atoms with E-state index in [9.17, 15) is 9.59 Å². The lowest BCUT2D eigenvalue weighted by Gasteiger charge is -2.20. The van der Waals surface area contributed by atoms with E-state index in [1.807, 2.05) is 81.4 Å². The van der Waals surface area contributed by atoms with Gasteiger partial charge < -0.3 is 15.5 Å². The molecule has 0 unspecified atom stereocenters. The fraction of sp³-hybridized carbons (Fsp3) is 0.200. The fourth-order valence-corrected chi connectivity index (χ4v) is 3.50. The van der Waals surface area contributed by atoms with Gasteiger partial charge in [-0.1, -0.05) is 48.0 Å². The van der Waals surface area contributed by atoms with Crippen molar-refractivity contribution in [2.45, 2.75) is 20.8 Å². The Morgan fingerprint density at radius 1 is 0.867 bits per heavy atom. The Kier molecular flexibility index (Phi) is 6.52. The number of rotatable bonds is 6. The Labute approximate surface area is 177 Å². The van der Waals surface area contributed by atoms with Crippen LogP contribution in [0.1, 0.15) is 27.0 Å². The zero-order chi connectivity index (χ0) is 21.7. The lowest BCUT2D eigenvalue weighted by atomic mass is 10.1. The van der Waals surface area contributed by atoms with Crippen molar-refractivity contribution in [3.8, 4) is 0 Å². The molecular weight excluding hydrogens is 374 g/mol. The van der Waals surface area contributed by atoms with Gasteiger partial charge in [0.2, 0.25) is 5.91 Å². The number of likely N-dealkylation sites (N-methyl/N-ethyl adjacent to an activating group) is 1. The first-order valence-corrected chi connectivity index (χ1v) is 9.89. The van der Waals surface area contributed by atoms with Crippen LogP contribution in [0.25, 0.3) is 0 Å². The molecule has 0 spiro atoms. The van der Waals surface area contributed by atoms with Crippen molar-refractivity contribution in [1.29, 1.82) is 0 Å². The second kappa shape index (κ2) is 9.27. The van der Waals surface area contributed by atoms with Crippen LogP contribution in [-0.4, -0.2) is 30.3 Å². The van der Waals surface area contributed by atoms with Crippen LogP contribution < -0.4 is 10.6 Å². The molecule has 3 aromatic carbocycles. The molecule has 0 heterocycles. The van der Waals surface area contributed by atoms with Gasteiger partial charge in [0.25, 0.3) is 5.91 Å². The zero-order valence-corrected chi connectivity index (χ0v) is 17.8. The van der Waals surface area contributed by atoms with E-state index < -0.39 is 0 Å². The first kappa shape index (κ1) is 21.1. The maximum absolute atomic E-state index is 13.0. The third kappa shape index (κ3) is 5.06. The highest BCUT2D eigenvalue weighted by molar-refractivity contribution is 6.03. The van der Waals surface area contributed by atoms with Crippen LogP contribution in [0.5, 0.6) is 0 Å². The summed E-state index contributed by atoms with van der Waals surface area (Å²) in [5.74, 6) is -0.448. The molecule has 2 N–H and O–H groups in total. The summed E-state index contributed by atoms with van der Waals surface area (Å²) in [4.78, 5) is 27.1. The fourth-order valence-electron chi connectivity index (χ4n) is 3.50. The average Bonchev–Trinajstić information content (AvgIpc) is 2.71. The average molecular weight is 402 g/mol. The van der Waals surface area contributed by atoms with E-state index in [0.717, 1.165) is 28.1 Å². The van der Waals surface area contributed by atoms with E-state index in [4.69, 9.17) is 0 Å². The second-order valence-electron chi connectivity index (χ2n) is 7.52. The highest BCUT2D eigenvalue weighted by atomic mass is 16.2. The van der Waals surface area contributed by atoms with Crippen molar-refractivity contribution < 1.29 is 9.59 Å². The van der Waals surface area contributed by atoms with Gasteiger partial charge in [-0.25, -0.2) is 0 Å². The molecule has 0 saturated carbocycles. The smallest absolute Gasteiger partial charge is 0.256 e. The topological polar surface area (TPSA) is 61.4 Å². The van der Waals surface area contributed by atoms with Crippen LogP contribution in [0.3, 0.4) is 0 Å². The van der Waals surface area contributed by atoms with Gasteiger partial charge >= 0.3 is 0 Å². The molecule has 5 nitrogen and oxygen atoms in total. The van der Waals surface area contributed by atoms with Crippen LogP contribution in [0, 0.1) is 20.8 Å². The number of carbonyl (C=O) groups is 2. The van der Waals surface area contributed by atoms with Crippen molar-refractivity contribution in [2.24, 2.45) is 0 Å². The minimum atomic E-state index is -0.227. The molecule has 30 heavy (non-hydrogen) atoms.